The molecule has 0 aromatic heterocycles. The summed E-state index contributed by atoms with van der Waals surface area (Å²) in [5.74, 6) is 1.35. The van der Waals surface area contributed by atoms with E-state index in [2.05, 4.69) is 15.5 Å². The molecule has 0 atom stereocenters. The predicted octanol–water partition coefficient (Wildman–Crippen LogP) is 3.88. The SMILES string of the molecule is COCCN(C)CCCNC(=O)Nc1ccccc1Oc1cccc(C)c1. The van der Waals surface area contributed by atoms with Crippen LogP contribution in [0, 0.1) is 6.92 Å². The Kier molecular flexibility index (Phi) is 8.61. The molecule has 0 saturated carbocycles. The average molecular weight is 371 g/mol. The number of aryl methyl sites for hydroxylation is 1. The van der Waals surface area contributed by atoms with Crippen LogP contribution < -0.4 is 15.4 Å². The second kappa shape index (κ2) is 11.2. The number of benzene rings is 2. The van der Waals surface area contributed by atoms with E-state index >= 15 is 0 Å². The van der Waals surface area contributed by atoms with Crippen LogP contribution in [0.4, 0.5) is 10.5 Å². The molecule has 0 spiro atoms. The summed E-state index contributed by atoms with van der Waals surface area (Å²) in [4.78, 5) is 14.4. The first kappa shape index (κ1) is 20.7. The Morgan fingerprint density at radius 3 is 2.70 bits per heavy atom. The quantitative estimate of drug-likeness (QED) is 0.622. The van der Waals surface area contributed by atoms with Crippen molar-refractivity contribution in [3.63, 3.8) is 0 Å². The zero-order valence-corrected chi connectivity index (χ0v) is 16.3. The van der Waals surface area contributed by atoms with E-state index < -0.39 is 0 Å². The molecular formula is C21H29N3O3. The van der Waals surface area contributed by atoms with Gasteiger partial charge in [-0.2, -0.15) is 0 Å². The number of likely N-dealkylation sites (N-methyl/N-ethyl adjacent to an activating group) is 1. The largest absolute Gasteiger partial charge is 0.455 e. The fourth-order valence-corrected chi connectivity index (χ4v) is 2.54. The molecule has 0 saturated heterocycles. The second-order valence-electron chi connectivity index (χ2n) is 6.45. The molecule has 6 nitrogen and oxygen atoms in total. The predicted molar refractivity (Wildman–Crippen MR) is 109 cm³/mol. The number of ether oxygens (including phenoxy) is 2. The molecular weight excluding hydrogens is 342 g/mol. The average Bonchev–Trinajstić information content (AvgIpc) is 2.65. The summed E-state index contributed by atoms with van der Waals surface area (Å²) in [5, 5.41) is 5.74. The van der Waals surface area contributed by atoms with Gasteiger partial charge in [-0.3, -0.25) is 0 Å². The van der Waals surface area contributed by atoms with E-state index in [0.717, 1.165) is 30.8 Å². The van der Waals surface area contributed by atoms with E-state index in [9.17, 15) is 4.79 Å². The molecule has 0 bridgehead atoms. The van der Waals surface area contributed by atoms with E-state index in [0.29, 0.717) is 24.6 Å². The molecule has 2 aromatic carbocycles. The molecule has 2 amide bonds. The first-order valence-electron chi connectivity index (χ1n) is 9.14. The molecule has 0 unspecified atom stereocenters. The summed E-state index contributed by atoms with van der Waals surface area (Å²) in [6.07, 6.45) is 0.870. The van der Waals surface area contributed by atoms with Crippen molar-refractivity contribution in [3.05, 3.63) is 54.1 Å². The van der Waals surface area contributed by atoms with Gasteiger partial charge in [0.2, 0.25) is 0 Å². The van der Waals surface area contributed by atoms with E-state index in [-0.39, 0.29) is 6.03 Å². The van der Waals surface area contributed by atoms with Gasteiger partial charge in [0.25, 0.3) is 0 Å². The minimum atomic E-state index is -0.241. The van der Waals surface area contributed by atoms with E-state index in [1.807, 2.05) is 62.5 Å². The Bertz CT molecular complexity index is 721. The molecule has 0 fully saturated rings. The van der Waals surface area contributed by atoms with Gasteiger partial charge in [-0.25, -0.2) is 4.79 Å². The Morgan fingerprint density at radius 2 is 1.93 bits per heavy atom. The lowest BCUT2D eigenvalue weighted by molar-refractivity contribution is 0.160. The van der Waals surface area contributed by atoms with E-state index in [1.165, 1.54) is 0 Å². The number of hydrogen-bond acceptors (Lipinski definition) is 4. The third-order valence-corrected chi connectivity index (χ3v) is 4.03. The normalized spacial score (nSPS) is 10.7. The number of urea groups is 1. The number of carbonyl (C=O) groups is 1. The van der Waals surface area contributed by atoms with Crippen LogP contribution in [0.2, 0.25) is 0 Å². The van der Waals surface area contributed by atoms with Crippen LogP contribution in [0.25, 0.3) is 0 Å². The summed E-state index contributed by atoms with van der Waals surface area (Å²) in [6, 6.07) is 15.0. The number of rotatable bonds is 10. The molecule has 0 radical (unpaired) electrons. The third kappa shape index (κ3) is 7.68. The van der Waals surface area contributed by atoms with Crippen LogP contribution in [0.5, 0.6) is 11.5 Å². The first-order valence-corrected chi connectivity index (χ1v) is 9.14. The lowest BCUT2D eigenvalue weighted by Crippen LogP contribution is -2.32. The van der Waals surface area contributed by atoms with Crippen molar-refractivity contribution < 1.29 is 14.3 Å². The van der Waals surface area contributed by atoms with Crippen molar-refractivity contribution >= 4 is 11.7 Å². The monoisotopic (exact) mass is 371 g/mol. The lowest BCUT2D eigenvalue weighted by atomic mass is 10.2. The zero-order valence-electron chi connectivity index (χ0n) is 16.3. The smallest absolute Gasteiger partial charge is 0.319 e. The van der Waals surface area contributed by atoms with Crippen LogP contribution in [-0.4, -0.2) is 51.3 Å². The maximum Gasteiger partial charge on any atom is 0.319 e. The summed E-state index contributed by atoms with van der Waals surface area (Å²) in [6.45, 7) is 5.10. The van der Waals surface area contributed by atoms with Crippen molar-refractivity contribution in [1.29, 1.82) is 0 Å². The van der Waals surface area contributed by atoms with Gasteiger partial charge in [-0.15, -0.1) is 0 Å². The van der Waals surface area contributed by atoms with Gasteiger partial charge in [0.15, 0.2) is 5.75 Å². The number of hydrogen-bond donors (Lipinski definition) is 2. The number of carbonyl (C=O) groups excluding carboxylic acids is 1. The van der Waals surface area contributed by atoms with Crippen molar-refractivity contribution in [1.82, 2.24) is 10.2 Å². The Morgan fingerprint density at radius 1 is 1.11 bits per heavy atom. The molecule has 2 N–H and O–H groups in total. The number of anilines is 1. The Balaban J connectivity index is 1.82. The summed E-state index contributed by atoms with van der Waals surface area (Å²) >= 11 is 0. The molecule has 0 heterocycles. The highest BCUT2D eigenvalue weighted by molar-refractivity contribution is 5.90. The van der Waals surface area contributed by atoms with Crippen molar-refractivity contribution in [2.45, 2.75) is 13.3 Å². The highest BCUT2D eigenvalue weighted by Crippen LogP contribution is 2.29. The van der Waals surface area contributed by atoms with Crippen LogP contribution in [0.3, 0.4) is 0 Å². The second-order valence-corrected chi connectivity index (χ2v) is 6.45. The van der Waals surface area contributed by atoms with Gasteiger partial charge >= 0.3 is 6.03 Å². The highest BCUT2D eigenvalue weighted by Gasteiger charge is 2.08. The summed E-state index contributed by atoms with van der Waals surface area (Å²) < 4.78 is 11.0. The molecule has 27 heavy (non-hydrogen) atoms. The topological polar surface area (TPSA) is 62.8 Å². The highest BCUT2D eigenvalue weighted by atomic mass is 16.5. The number of amides is 2. The van der Waals surface area contributed by atoms with Gasteiger partial charge in [-0.1, -0.05) is 24.3 Å². The van der Waals surface area contributed by atoms with E-state index in [1.54, 1.807) is 7.11 Å². The van der Waals surface area contributed by atoms with Crippen molar-refractivity contribution in [3.8, 4) is 11.5 Å². The third-order valence-electron chi connectivity index (χ3n) is 4.03. The maximum absolute atomic E-state index is 12.2. The lowest BCUT2D eigenvalue weighted by Gasteiger charge is -2.16. The Hall–Kier alpha value is -2.57. The molecule has 0 aliphatic rings. The van der Waals surface area contributed by atoms with Gasteiger partial charge in [0.1, 0.15) is 5.75 Å². The van der Waals surface area contributed by atoms with Gasteiger partial charge in [-0.05, 0) is 56.8 Å². The number of nitrogens with one attached hydrogen (secondary N) is 2. The van der Waals surface area contributed by atoms with Crippen LogP contribution >= 0.6 is 0 Å². The summed E-state index contributed by atoms with van der Waals surface area (Å²) in [5.41, 5.74) is 1.75. The van der Waals surface area contributed by atoms with Crippen LogP contribution in [0.15, 0.2) is 48.5 Å². The fourth-order valence-electron chi connectivity index (χ4n) is 2.54. The Labute approximate surface area is 161 Å². The maximum atomic E-state index is 12.2. The number of methoxy groups -OCH3 is 1. The van der Waals surface area contributed by atoms with Crippen molar-refractivity contribution in [2.75, 3.05) is 45.7 Å². The van der Waals surface area contributed by atoms with Crippen LogP contribution in [-0.2, 0) is 4.74 Å². The van der Waals surface area contributed by atoms with E-state index in [4.69, 9.17) is 9.47 Å². The minimum Gasteiger partial charge on any atom is -0.455 e. The minimum absolute atomic E-state index is 0.241. The van der Waals surface area contributed by atoms with Crippen LogP contribution in [0.1, 0.15) is 12.0 Å². The fraction of sp³-hybridized carbons (Fsp3) is 0.381. The van der Waals surface area contributed by atoms with Gasteiger partial charge < -0.3 is 25.0 Å². The zero-order chi connectivity index (χ0) is 19.5. The molecule has 2 rings (SSSR count). The molecule has 2 aromatic rings. The van der Waals surface area contributed by atoms with Gasteiger partial charge in [0, 0.05) is 20.2 Å². The number of para-hydroxylation sites is 2. The molecule has 0 aliphatic carbocycles. The first-order chi connectivity index (χ1) is 13.1. The molecule has 146 valence electrons. The summed E-state index contributed by atoms with van der Waals surface area (Å²) in [7, 11) is 3.73. The van der Waals surface area contributed by atoms with Crippen molar-refractivity contribution in [2.24, 2.45) is 0 Å². The number of nitrogens with zero attached hydrogens (tertiary/aromatic N) is 1. The molecule has 0 aliphatic heterocycles. The standard InChI is InChI=1S/C21H29N3O3/c1-17-8-6-9-18(16-17)27-20-11-5-4-10-19(20)23-21(25)22-12-7-13-24(2)14-15-26-3/h4-6,8-11,16H,7,12-15H2,1-3H3,(H2,22,23,25). The van der Waals surface area contributed by atoms with Gasteiger partial charge in [0.05, 0.1) is 12.3 Å². The molecule has 6 heteroatoms.